The zero-order chi connectivity index (χ0) is 23.7. The van der Waals surface area contributed by atoms with Crippen molar-refractivity contribution in [1.29, 1.82) is 0 Å². The number of aromatic nitrogens is 3. The van der Waals surface area contributed by atoms with Gasteiger partial charge >= 0.3 is 11.4 Å². The Hall–Kier alpha value is -3.56. The number of hydrogen-bond donors (Lipinski definition) is 2. The minimum atomic E-state index is -0.658. The van der Waals surface area contributed by atoms with E-state index in [4.69, 9.17) is 21.9 Å². The van der Waals surface area contributed by atoms with E-state index < -0.39 is 11.4 Å². The maximum atomic E-state index is 13.1. The van der Waals surface area contributed by atoms with Crippen LogP contribution in [-0.2, 0) is 19.5 Å². The molecule has 0 unspecified atom stereocenters. The Morgan fingerprint density at radius 1 is 1.09 bits per heavy atom. The molecule has 0 fully saturated rings. The average molecular weight is 470 g/mol. The van der Waals surface area contributed by atoms with E-state index in [1.165, 1.54) is 4.57 Å². The molecule has 172 valence electrons. The monoisotopic (exact) mass is 469 g/mol. The van der Waals surface area contributed by atoms with Gasteiger partial charge in [0.05, 0.1) is 12.2 Å². The van der Waals surface area contributed by atoms with Crippen molar-refractivity contribution in [3.8, 4) is 0 Å². The van der Waals surface area contributed by atoms with Crippen molar-refractivity contribution in [3.05, 3.63) is 91.0 Å². The third-order valence-electron chi connectivity index (χ3n) is 5.49. The second kappa shape index (κ2) is 9.13. The third kappa shape index (κ3) is 4.24. The van der Waals surface area contributed by atoms with Crippen molar-refractivity contribution in [2.75, 3.05) is 12.4 Å². The molecule has 0 amide bonds. The highest BCUT2D eigenvalue weighted by molar-refractivity contribution is 6.30. The third-order valence-corrected chi connectivity index (χ3v) is 5.75. The number of furan rings is 1. The standard InChI is InChI=1S/C23H24ClN5O4/c1-3-27-22(31)28(13-15-4-6-16(24)7-5-15)21(29(25)23(27)32)26-17-8-9-20-19(12-17)18(10-11-30)14(2)33-20/h4-9,12,30H,3,10-11,13,25H2,1-2H3/b26-21-. The molecule has 0 aliphatic rings. The average Bonchev–Trinajstić information content (AvgIpc) is 3.11. The SMILES string of the molecule is CCn1c(=O)n(N)/c(=N\c2ccc3oc(C)c(CCO)c3c2)n(Cc2ccc(Cl)cc2)c1=O. The molecule has 3 N–H and O–H groups in total. The van der Waals surface area contributed by atoms with Gasteiger partial charge in [0.15, 0.2) is 0 Å². The molecule has 4 aromatic rings. The number of aryl methyl sites for hydroxylation is 1. The molecule has 4 rings (SSSR count). The van der Waals surface area contributed by atoms with Crippen LogP contribution in [0.2, 0.25) is 5.02 Å². The number of nitrogens with two attached hydrogens (primary N) is 1. The Bertz CT molecular complexity index is 1510. The molecule has 0 aliphatic carbocycles. The number of nitrogens with zero attached hydrogens (tertiary/aromatic N) is 4. The van der Waals surface area contributed by atoms with E-state index in [0.717, 1.165) is 31.5 Å². The number of aliphatic hydroxyl groups is 1. The van der Waals surface area contributed by atoms with Crippen molar-refractivity contribution >= 4 is 28.3 Å². The smallest absolute Gasteiger partial charge is 0.353 e. The summed E-state index contributed by atoms with van der Waals surface area (Å²) in [5.74, 6) is 6.82. The van der Waals surface area contributed by atoms with Crippen molar-refractivity contribution in [3.63, 3.8) is 0 Å². The van der Waals surface area contributed by atoms with Crippen LogP contribution in [0, 0.1) is 6.92 Å². The van der Waals surface area contributed by atoms with Gasteiger partial charge in [0.2, 0.25) is 5.62 Å². The van der Waals surface area contributed by atoms with Gasteiger partial charge in [-0.15, -0.1) is 0 Å². The van der Waals surface area contributed by atoms with E-state index in [-0.39, 0.29) is 25.3 Å². The lowest BCUT2D eigenvalue weighted by Gasteiger charge is -2.13. The summed E-state index contributed by atoms with van der Waals surface area (Å²) in [4.78, 5) is 30.4. The van der Waals surface area contributed by atoms with E-state index >= 15 is 0 Å². The van der Waals surface area contributed by atoms with Crippen LogP contribution < -0.4 is 22.8 Å². The summed E-state index contributed by atoms with van der Waals surface area (Å²) in [5.41, 5.74) is 1.66. The predicted octanol–water partition coefficient (Wildman–Crippen LogP) is 2.07. The van der Waals surface area contributed by atoms with Gasteiger partial charge in [-0.05, 0) is 56.2 Å². The van der Waals surface area contributed by atoms with E-state index in [1.807, 2.05) is 6.92 Å². The fourth-order valence-electron chi connectivity index (χ4n) is 3.82. The van der Waals surface area contributed by atoms with Crippen LogP contribution in [0.1, 0.15) is 23.8 Å². The largest absolute Gasteiger partial charge is 0.461 e. The molecule has 9 nitrogen and oxygen atoms in total. The Balaban J connectivity index is 1.96. The number of rotatable bonds is 6. The Labute approximate surface area is 193 Å². The fraction of sp³-hybridized carbons (Fsp3) is 0.261. The summed E-state index contributed by atoms with van der Waals surface area (Å²) in [5, 5.41) is 10.8. The highest BCUT2D eigenvalue weighted by atomic mass is 35.5. The number of nitrogen functional groups attached to an aromatic ring is 1. The number of hydrogen-bond acceptors (Lipinski definition) is 6. The lowest BCUT2D eigenvalue weighted by molar-refractivity contribution is 0.299. The number of halogens is 1. The first kappa shape index (κ1) is 22.6. The van der Waals surface area contributed by atoms with Crippen LogP contribution in [-0.4, -0.2) is 25.5 Å². The number of aliphatic hydroxyl groups excluding tert-OH is 1. The van der Waals surface area contributed by atoms with Gasteiger partial charge in [0.25, 0.3) is 0 Å². The first-order valence-corrected chi connectivity index (χ1v) is 10.9. The summed E-state index contributed by atoms with van der Waals surface area (Å²) in [7, 11) is 0. The van der Waals surface area contributed by atoms with Gasteiger partial charge < -0.3 is 15.4 Å². The van der Waals surface area contributed by atoms with Crippen LogP contribution in [0.4, 0.5) is 5.69 Å². The zero-order valence-corrected chi connectivity index (χ0v) is 19.0. The van der Waals surface area contributed by atoms with E-state index in [9.17, 15) is 14.7 Å². The zero-order valence-electron chi connectivity index (χ0n) is 18.3. The van der Waals surface area contributed by atoms with Crippen molar-refractivity contribution in [2.45, 2.75) is 33.4 Å². The van der Waals surface area contributed by atoms with Gasteiger partial charge in [-0.3, -0.25) is 4.57 Å². The Morgan fingerprint density at radius 3 is 2.48 bits per heavy atom. The molecule has 0 bridgehead atoms. The highest BCUT2D eigenvalue weighted by Gasteiger charge is 2.14. The van der Waals surface area contributed by atoms with E-state index in [1.54, 1.807) is 49.4 Å². The van der Waals surface area contributed by atoms with Crippen molar-refractivity contribution in [1.82, 2.24) is 13.8 Å². The molecule has 2 heterocycles. The van der Waals surface area contributed by atoms with Crippen LogP contribution >= 0.6 is 11.6 Å². The number of fused-ring (bicyclic) bond motifs is 1. The van der Waals surface area contributed by atoms with Gasteiger partial charge in [-0.25, -0.2) is 19.1 Å². The molecule has 0 spiro atoms. The second-order valence-corrected chi connectivity index (χ2v) is 8.03. The molecule has 10 heteroatoms. The van der Waals surface area contributed by atoms with Crippen LogP contribution in [0.25, 0.3) is 11.0 Å². The Kier molecular flexibility index (Phi) is 6.26. The van der Waals surface area contributed by atoms with Gasteiger partial charge in [0.1, 0.15) is 11.3 Å². The van der Waals surface area contributed by atoms with Gasteiger partial charge in [-0.2, -0.15) is 4.68 Å². The first-order chi connectivity index (χ1) is 15.8. The topological polar surface area (TPSA) is 121 Å². The predicted molar refractivity (Wildman–Crippen MR) is 126 cm³/mol. The normalized spacial score (nSPS) is 12.1. The molecule has 0 atom stereocenters. The Morgan fingerprint density at radius 2 is 1.82 bits per heavy atom. The molecule has 0 aliphatic heterocycles. The van der Waals surface area contributed by atoms with Crippen molar-refractivity contribution < 1.29 is 9.52 Å². The summed E-state index contributed by atoms with van der Waals surface area (Å²) < 4.78 is 9.04. The molecule has 0 radical (unpaired) electrons. The maximum Gasteiger partial charge on any atom is 0.353 e. The minimum absolute atomic E-state index is 0.00734. The van der Waals surface area contributed by atoms with Crippen LogP contribution in [0.3, 0.4) is 0 Å². The first-order valence-electron chi connectivity index (χ1n) is 10.5. The van der Waals surface area contributed by atoms with Crippen LogP contribution in [0.15, 0.2) is 61.5 Å². The molecule has 2 aromatic carbocycles. The molecule has 2 aromatic heterocycles. The lowest BCUT2D eigenvalue weighted by atomic mass is 10.1. The molecule has 0 saturated heterocycles. The second-order valence-electron chi connectivity index (χ2n) is 7.59. The molecule has 33 heavy (non-hydrogen) atoms. The summed E-state index contributed by atoms with van der Waals surface area (Å²) in [6.45, 7) is 3.83. The quantitative estimate of drug-likeness (QED) is 0.419. The summed E-state index contributed by atoms with van der Waals surface area (Å²) >= 11 is 5.98. The van der Waals surface area contributed by atoms with E-state index in [2.05, 4.69) is 4.99 Å². The molecule has 0 saturated carbocycles. The maximum absolute atomic E-state index is 13.1. The fourth-order valence-corrected chi connectivity index (χ4v) is 3.95. The summed E-state index contributed by atoms with van der Waals surface area (Å²) in [6.07, 6.45) is 0.437. The van der Waals surface area contributed by atoms with Gasteiger partial charge in [0, 0.05) is 29.1 Å². The number of benzene rings is 2. The molecular weight excluding hydrogens is 446 g/mol. The van der Waals surface area contributed by atoms with E-state index in [0.29, 0.717) is 22.7 Å². The lowest BCUT2D eigenvalue weighted by Crippen LogP contribution is -2.57. The summed E-state index contributed by atoms with van der Waals surface area (Å²) in [6, 6.07) is 12.3. The minimum Gasteiger partial charge on any atom is -0.461 e. The molecular formula is C23H24ClN5O4. The van der Waals surface area contributed by atoms with Gasteiger partial charge in [-0.1, -0.05) is 23.7 Å². The van der Waals surface area contributed by atoms with Crippen LogP contribution in [0.5, 0.6) is 0 Å². The highest BCUT2D eigenvalue weighted by Crippen LogP contribution is 2.29. The van der Waals surface area contributed by atoms with Crippen molar-refractivity contribution in [2.24, 2.45) is 4.99 Å².